The molecule has 0 amide bonds. The van der Waals surface area contributed by atoms with Crippen LogP contribution in [0.15, 0.2) is 79.1 Å². The number of allylic oxidation sites excluding steroid dienone is 2. The number of aryl methyl sites for hydroxylation is 3. The number of hydrogen-bond acceptors (Lipinski definition) is 1. The third-order valence-electron chi connectivity index (χ3n) is 8.48. The van der Waals surface area contributed by atoms with Crippen LogP contribution in [0, 0.1) is 13.8 Å². The Bertz CT molecular complexity index is 1650. The molecule has 1 nitrogen and oxygen atoms in total. The van der Waals surface area contributed by atoms with E-state index in [4.69, 9.17) is 4.74 Å². The number of hydrogen-bond donors (Lipinski definition) is 0. The number of fused-ring (bicyclic) bond motifs is 8. The molecule has 0 fully saturated rings. The van der Waals surface area contributed by atoms with E-state index in [2.05, 4.69) is 98.8 Å². The van der Waals surface area contributed by atoms with Crippen molar-refractivity contribution in [3.8, 4) is 5.75 Å². The van der Waals surface area contributed by atoms with Gasteiger partial charge in [0.05, 0.1) is 6.26 Å². The largest absolute Gasteiger partial charge is 0.464 e. The van der Waals surface area contributed by atoms with Crippen LogP contribution in [0.5, 0.6) is 5.75 Å². The minimum absolute atomic E-state index is 0.103. The molecule has 0 saturated carbocycles. The van der Waals surface area contributed by atoms with Crippen molar-refractivity contribution in [3.05, 3.63) is 128 Å². The summed E-state index contributed by atoms with van der Waals surface area (Å²) in [5.41, 5.74) is 9.60. The lowest BCUT2D eigenvalue weighted by atomic mass is 9.64. The molecule has 1 heteroatoms. The summed E-state index contributed by atoms with van der Waals surface area (Å²) in [5, 5.41) is 5.25. The van der Waals surface area contributed by atoms with E-state index in [0.29, 0.717) is 0 Å². The first-order chi connectivity index (χ1) is 17.6. The fraction of sp³-hybridized carbons (Fsp3) is 0.200. The molecule has 176 valence electrons. The monoisotopic (exact) mass is 466 g/mol. The third-order valence-corrected chi connectivity index (χ3v) is 8.48. The highest BCUT2D eigenvalue weighted by Crippen LogP contribution is 2.44. The Morgan fingerprint density at radius 3 is 2.22 bits per heavy atom. The molecule has 0 N–H and O–H groups in total. The molecule has 2 aliphatic carbocycles. The molecule has 0 bridgehead atoms. The van der Waals surface area contributed by atoms with Crippen molar-refractivity contribution >= 4 is 29.0 Å². The first-order valence-electron chi connectivity index (χ1n) is 13.1. The standard InChI is InChI=1S/C35H30O/c1-23-9-14-26(15-10-23)35(27-16-11-24(2)12-17-27)20-19-29-30-8-5-21-36-34(30)31-18-13-25-6-3-4-7-28(25)33(31)32(29)22-35/h3,5-6,8-19,21H,4,7,20,22H2,1-2H3. The van der Waals surface area contributed by atoms with Crippen molar-refractivity contribution in [2.45, 2.75) is 44.9 Å². The Labute approximate surface area is 212 Å². The molecule has 3 aliphatic rings. The van der Waals surface area contributed by atoms with Gasteiger partial charge in [0.1, 0.15) is 5.75 Å². The van der Waals surface area contributed by atoms with Gasteiger partial charge < -0.3 is 4.74 Å². The van der Waals surface area contributed by atoms with Gasteiger partial charge in [-0.15, -0.1) is 0 Å². The number of rotatable bonds is 2. The van der Waals surface area contributed by atoms with Crippen LogP contribution in [0.4, 0.5) is 0 Å². The van der Waals surface area contributed by atoms with Crippen molar-refractivity contribution in [1.82, 2.24) is 0 Å². The summed E-state index contributed by atoms with van der Waals surface area (Å²) < 4.78 is 6.19. The highest BCUT2D eigenvalue weighted by molar-refractivity contribution is 5.97. The van der Waals surface area contributed by atoms with Crippen molar-refractivity contribution in [2.24, 2.45) is 0 Å². The number of ether oxygens (including phenoxy) is 1. The molecular formula is C35H30O. The quantitative estimate of drug-likeness (QED) is 0.315. The Hall–Kier alpha value is -3.84. The maximum Gasteiger partial charge on any atom is 0.142 e. The molecule has 0 spiro atoms. The van der Waals surface area contributed by atoms with Crippen LogP contribution >= 0.6 is 0 Å². The second-order valence-corrected chi connectivity index (χ2v) is 10.6. The zero-order valence-corrected chi connectivity index (χ0v) is 21.0. The topological polar surface area (TPSA) is 9.23 Å². The first-order valence-corrected chi connectivity index (χ1v) is 13.1. The Morgan fingerprint density at radius 1 is 0.778 bits per heavy atom. The molecule has 7 rings (SSSR count). The van der Waals surface area contributed by atoms with E-state index >= 15 is 0 Å². The van der Waals surface area contributed by atoms with Crippen LogP contribution in [-0.4, -0.2) is 0 Å². The van der Waals surface area contributed by atoms with Crippen LogP contribution in [0.25, 0.3) is 29.0 Å². The van der Waals surface area contributed by atoms with Crippen molar-refractivity contribution < 1.29 is 4.74 Å². The normalized spacial score (nSPS) is 16.8. The first kappa shape index (κ1) is 21.4. The maximum atomic E-state index is 6.19. The molecule has 4 aromatic rings. The Kier molecular flexibility index (Phi) is 4.82. The third kappa shape index (κ3) is 3.15. The lowest BCUT2D eigenvalue weighted by molar-refractivity contribution is 0.477. The van der Waals surface area contributed by atoms with Crippen LogP contribution in [0.3, 0.4) is 0 Å². The molecule has 1 aliphatic heterocycles. The summed E-state index contributed by atoms with van der Waals surface area (Å²) in [6, 6.07) is 23.0. The fourth-order valence-corrected chi connectivity index (χ4v) is 6.58. The molecule has 1 heterocycles. The lowest BCUT2D eigenvalue weighted by Crippen LogP contribution is -2.42. The van der Waals surface area contributed by atoms with Crippen LogP contribution < -0.4 is 15.2 Å². The summed E-state index contributed by atoms with van der Waals surface area (Å²) in [5.74, 6) is 1.01. The Balaban J connectivity index is 1.57. The fourth-order valence-electron chi connectivity index (χ4n) is 6.58. The van der Waals surface area contributed by atoms with E-state index in [1.54, 1.807) is 0 Å². The molecule has 36 heavy (non-hydrogen) atoms. The predicted molar refractivity (Wildman–Crippen MR) is 151 cm³/mol. The van der Waals surface area contributed by atoms with E-state index in [0.717, 1.165) is 31.4 Å². The van der Waals surface area contributed by atoms with Crippen molar-refractivity contribution in [3.63, 3.8) is 0 Å². The average molecular weight is 467 g/mol. The summed E-state index contributed by atoms with van der Waals surface area (Å²) in [6.07, 6.45) is 17.3. The lowest BCUT2D eigenvalue weighted by Gasteiger charge is -2.38. The van der Waals surface area contributed by atoms with Gasteiger partial charge in [-0.3, -0.25) is 0 Å². The van der Waals surface area contributed by atoms with Gasteiger partial charge in [0.2, 0.25) is 0 Å². The molecule has 4 aromatic carbocycles. The summed E-state index contributed by atoms with van der Waals surface area (Å²) >= 11 is 0. The molecular weight excluding hydrogens is 436 g/mol. The van der Waals surface area contributed by atoms with Gasteiger partial charge in [0.25, 0.3) is 0 Å². The number of benzene rings is 4. The summed E-state index contributed by atoms with van der Waals surface area (Å²) in [4.78, 5) is 0. The van der Waals surface area contributed by atoms with Crippen LogP contribution in [-0.2, 0) is 18.3 Å². The Morgan fingerprint density at radius 2 is 1.50 bits per heavy atom. The molecule has 0 aromatic heterocycles. The van der Waals surface area contributed by atoms with Crippen molar-refractivity contribution in [1.29, 1.82) is 0 Å². The molecule has 0 atom stereocenters. The van der Waals surface area contributed by atoms with Gasteiger partial charge >= 0.3 is 0 Å². The van der Waals surface area contributed by atoms with Crippen LogP contribution in [0.1, 0.15) is 51.8 Å². The summed E-state index contributed by atoms with van der Waals surface area (Å²) in [7, 11) is 0. The van der Waals surface area contributed by atoms with E-state index in [1.807, 2.05) is 12.3 Å². The minimum atomic E-state index is -0.103. The van der Waals surface area contributed by atoms with E-state index in [-0.39, 0.29) is 5.41 Å². The highest BCUT2D eigenvalue weighted by Gasteiger charge is 2.37. The zero-order chi connectivity index (χ0) is 24.3. The van der Waals surface area contributed by atoms with Gasteiger partial charge in [-0.25, -0.2) is 0 Å². The zero-order valence-electron chi connectivity index (χ0n) is 21.0. The molecule has 0 unspecified atom stereocenters. The van der Waals surface area contributed by atoms with E-state index < -0.39 is 0 Å². The molecule has 0 saturated heterocycles. The van der Waals surface area contributed by atoms with E-state index in [9.17, 15) is 0 Å². The minimum Gasteiger partial charge on any atom is -0.464 e. The predicted octanol–water partition coefficient (Wildman–Crippen LogP) is 6.82. The van der Waals surface area contributed by atoms with Gasteiger partial charge in [-0.2, -0.15) is 0 Å². The average Bonchev–Trinajstić information content (AvgIpc) is 2.93. The second-order valence-electron chi connectivity index (χ2n) is 10.6. The van der Waals surface area contributed by atoms with Gasteiger partial charge in [-0.1, -0.05) is 84.0 Å². The van der Waals surface area contributed by atoms with Crippen LogP contribution in [0.2, 0.25) is 0 Å². The maximum absolute atomic E-state index is 6.19. The highest BCUT2D eigenvalue weighted by atomic mass is 16.5. The van der Waals surface area contributed by atoms with Gasteiger partial charge in [0.15, 0.2) is 0 Å². The van der Waals surface area contributed by atoms with Crippen molar-refractivity contribution in [2.75, 3.05) is 0 Å². The van der Waals surface area contributed by atoms with Gasteiger partial charge in [0, 0.05) is 16.0 Å². The molecule has 0 radical (unpaired) electrons. The smallest absolute Gasteiger partial charge is 0.142 e. The van der Waals surface area contributed by atoms with E-state index in [1.165, 1.54) is 60.2 Å². The van der Waals surface area contributed by atoms with Gasteiger partial charge in [-0.05, 0) is 96.2 Å². The summed E-state index contributed by atoms with van der Waals surface area (Å²) in [6.45, 7) is 4.35. The SMILES string of the molecule is Cc1ccc(C2(c3ccc(C)cc3)CC=c3c(c4c5c(ccc4c4c3=CC=CO4)C=CCC5)C2)cc1. The second kappa shape index (κ2) is 8.10.